The molecular formula is C22H39N7OS. The zero-order valence-electron chi connectivity index (χ0n) is 19.8. The van der Waals surface area contributed by atoms with Gasteiger partial charge in [0.25, 0.3) is 0 Å². The van der Waals surface area contributed by atoms with Gasteiger partial charge in [0.15, 0.2) is 5.13 Å². The minimum atomic E-state index is 0.0529. The largest absolute Gasteiger partial charge is 0.368 e. The van der Waals surface area contributed by atoms with E-state index >= 15 is 0 Å². The molecule has 0 atom stereocenters. The predicted octanol–water partition coefficient (Wildman–Crippen LogP) is 4.31. The maximum Gasteiger partial charge on any atom is 0.219 e. The molecule has 0 saturated heterocycles. The lowest BCUT2D eigenvalue weighted by molar-refractivity contribution is -0.120. The molecule has 2 heterocycles. The maximum absolute atomic E-state index is 11.3. The zero-order chi connectivity index (χ0) is 23.1. The van der Waals surface area contributed by atoms with Crippen LogP contribution in [0.3, 0.4) is 0 Å². The maximum atomic E-state index is 11.3. The Kier molecular flexibility index (Phi) is 13.4. The summed E-state index contributed by atoms with van der Waals surface area (Å²) in [6.45, 7) is 9.06. The highest BCUT2D eigenvalue weighted by atomic mass is 32.1. The van der Waals surface area contributed by atoms with Crippen molar-refractivity contribution in [1.29, 1.82) is 0 Å². The Morgan fingerprint density at radius 1 is 1.13 bits per heavy atom. The molecule has 1 aliphatic rings. The fourth-order valence-electron chi connectivity index (χ4n) is 2.66. The number of aromatic nitrogens is 3. The molecule has 0 bridgehead atoms. The predicted molar refractivity (Wildman–Crippen MR) is 132 cm³/mol. The highest BCUT2D eigenvalue weighted by Crippen LogP contribution is 2.40. The SMILES string of the molecule is CC.CCC(=O)NCCNc1cc(Nc2ncc(C3CCC3)s2)nc(CC)n1.CNC. The van der Waals surface area contributed by atoms with E-state index in [9.17, 15) is 4.79 Å². The van der Waals surface area contributed by atoms with Gasteiger partial charge in [0.1, 0.15) is 17.5 Å². The van der Waals surface area contributed by atoms with Gasteiger partial charge in [-0.2, -0.15) is 0 Å². The van der Waals surface area contributed by atoms with Crippen molar-refractivity contribution in [2.75, 3.05) is 37.8 Å². The smallest absolute Gasteiger partial charge is 0.219 e. The van der Waals surface area contributed by atoms with Gasteiger partial charge >= 0.3 is 0 Å². The van der Waals surface area contributed by atoms with Crippen molar-refractivity contribution in [3.8, 4) is 0 Å². The van der Waals surface area contributed by atoms with Gasteiger partial charge in [-0.05, 0) is 32.9 Å². The second-order valence-electron chi connectivity index (χ2n) is 6.86. The molecule has 3 rings (SSSR count). The third-order valence-corrected chi connectivity index (χ3v) is 5.50. The summed E-state index contributed by atoms with van der Waals surface area (Å²) >= 11 is 1.71. The molecule has 0 spiro atoms. The molecule has 1 aliphatic carbocycles. The van der Waals surface area contributed by atoms with Crippen LogP contribution in [0.15, 0.2) is 12.3 Å². The number of nitrogens with one attached hydrogen (secondary N) is 4. The van der Waals surface area contributed by atoms with Crippen LogP contribution < -0.4 is 21.3 Å². The van der Waals surface area contributed by atoms with E-state index in [1.807, 2.05) is 54.1 Å². The number of nitrogens with zero attached hydrogens (tertiary/aromatic N) is 3. The van der Waals surface area contributed by atoms with Crippen LogP contribution in [0, 0.1) is 0 Å². The van der Waals surface area contributed by atoms with E-state index in [4.69, 9.17) is 0 Å². The zero-order valence-corrected chi connectivity index (χ0v) is 20.7. The Morgan fingerprint density at radius 3 is 2.39 bits per heavy atom. The van der Waals surface area contributed by atoms with Crippen molar-refractivity contribution in [3.05, 3.63) is 23.0 Å². The second kappa shape index (κ2) is 15.5. The van der Waals surface area contributed by atoms with E-state index < -0.39 is 0 Å². The summed E-state index contributed by atoms with van der Waals surface area (Å²) in [6, 6.07) is 1.88. The Hall–Kier alpha value is -2.26. The second-order valence-corrected chi connectivity index (χ2v) is 7.92. The number of carbonyl (C=O) groups excluding carboxylic acids is 1. The monoisotopic (exact) mass is 449 g/mol. The lowest BCUT2D eigenvalue weighted by atomic mass is 9.85. The minimum absolute atomic E-state index is 0.0529. The molecule has 1 saturated carbocycles. The molecule has 2 aromatic rings. The molecule has 2 aromatic heterocycles. The molecule has 31 heavy (non-hydrogen) atoms. The van der Waals surface area contributed by atoms with E-state index in [1.54, 1.807) is 11.3 Å². The van der Waals surface area contributed by atoms with Gasteiger partial charge in [-0.25, -0.2) is 15.0 Å². The number of carbonyl (C=O) groups is 1. The first-order valence-corrected chi connectivity index (χ1v) is 12.1. The number of thiazole rings is 1. The van der Waals surface area contributed by atoms with Crippen molar-refractivity contribution >= 4 is 34.0 Å². The molecule has 8 nitrogen and oxygen atoms in total. The average Bonchev–Trinajstić information content (AvgIpc) is 3.19. The molecule has 4 N–H and O–H groups in total. The van der Waals surface area contributed by atoms with Crippen LogP contribution in [0.2, 0.25) is 0 Å². The number of hydrogen-bond donors (Lipinski definition) is 4. The van der Waals surface area contributed by atoms with Crippen LogP contribution >= 0.6 is 11.3 Å². The van der Waals surface area contributed by atoms with Crippen LogP contribution in [0.25, 0.3) is 0 Å². The summed E-state index contributed by atoms with van der Waals surface area (Å²) in [5.74, 6) is 3.01. The fourth-order valence-corrected chi connectivity index (χ4v) is 3.65. The third-order valence-electron chi connectivity index (χ3n) is 4.43. The highest BCUT2D eigenvalue weighted by molar-refractivity contribution is 7.15. The van der Waals surface area contributed by atoms with Gasteiger partial charge in [0, 0.05) is 43.1 Å². The first-order valence-electron chi connectivity index (χ1n) is 11.3. The summed E-state index contributed by atoms with van der Waals surface area (Å²) in [6.07, 6.45) is 7.11. The Balaban J connectivity index is 0.000000884. The Morgan fingerprint density at radius 2 is 1.81 bits per heavy atom. The summed E-state index contributed by atoms with van der Waals surface area (Å²) in [5.41, 5.74) is 0. The number of anilines is 3. The average molecular weight is 450 g/mol. The topological polar surface area (TPSA) is 104 Å². The summed E-state index contributed by atoms with van der Waals surface area (Å²) in [7, 11) is 3.75. The van der Waals surface area contributed by atoms with Crippen molar-refractivity contribution < 1.29 is 4.79 Å². The molecule has 0 radical (unpaired) electrons. The Labute approximate surface area is 191 Å². The van der Waals surface area contributed by atoms with Gasteiger partial charge in [-0.1, -0.05) is 34.1 Å². The van der Waals surface area contributed by atoms with Crippen LogP contribution in [-0.2, 0) is 11.2 Å². The van der Waals surface area contributed by atoms with Crippen LogP contribution in [0.4, 0.5) is 16.8 Å². The lowest BCUT2D eigenvalue weighted by Crippen LogP contribution is -2.28. The van der Waals surface area contributed by atoms with Crippen LogP contribution in [-0.4, -0.2) is 48.0 Å². The summed E-state index contributed by atoms with van der Waals surface area (Å²) < 4.78 is 0. The van der Waals surface area contributed by atoms with E-state index in [0.29, 0.717) is 25.4 Å². The fraction of sp³-hybridized carbons (Fsp3) is 0.636. The third kappa shape index (κ3) is 9.61. The van der Waals surface area contributed by atoms with E-state index in [2.05, 4.69) is 36.2 Å². The van der Waals surface area contributed by atoms with Gasteiger partial charge in [0.05, 0.1) is 0 Å². The summed E-state index contributed by atoms with van der Waals surface area (Å²) in [5, 5.41) is 13.0. The first-order chi connectivity index (χ1) is 15.1. The van der Waals surface area contributed by atoms with Crippen LogP contribution in [0.1, 0.15) is 70.0 Å². The molecule has 1 amide bonds. The highest BCUT2D eigenvalue weighted by Gasteiger charge is 2.21. The molecule has 174 valence electrons. The number of hydrogen-bond acceptors (Lipinski definition) is 8. The van der Waals surface area contributed by atoms with Crippen molar-refractivity contribution in [2.24, 2.45) is 0 Å². The van der Waals surface area contributed by atoms with Gasteiger partial charge in [-0.15, -0.1) is 11.3 Å². The number of amides is 1. The van der Waals surface area contributed by atoms with Gasteiger partial charge in [0.2, 0.25) is 5.91 Å². The first kappa shape index (κ1) is 26.8. The molecule has 0 aromatic carbocycles. The number of aryl methyl sites for hydroxylation is 1. The van der Waals surface area contributed by atoms with Gasteiger partial charge in [-0.3, -0.25) is 4.79 Å². The normalized spacial score (nSPS) is 12.5. The Bertz CT molecular complexity index is 762. The van der Waals surface area contributed by atoms with Gasteiger partial charge < -0.3 is 21.3 Å². The minimum Gasteiger partial charge on any atom is -0.368 e. The van der Waals surface area contributed by atoms with Crippen molar-refractivity contribution in [2.45, 2.75) is 65.7 Å². The quantitative estimate of drug-likeness (QED) is 0.423. The van der Waals surface area contributed by atoms with Crippen LogP contribution in [0.5, 0.6) is 0 Å². The molecule has 0 unspecified atom stereocenters. The lowest BCUT2D eigenvalue weighted by Gasteiger charge is -2.23. The molecule has 9 heteroatoms. The van der Waals surface area contributed by atoms with E-state index in [0.717, 1.165) is 29.0 Å². The van der Waals surface area contributed by atoms with E-state index in [-0.39, 0.29) is 5.91 Å². The van der Waals surface area contributed by atoms with E-state index in [1.165, 1.54) is 24.1 Å². The standard InChI is InChI=1S/C18H26N6OS.C2H7N.C2H6/c1-3-14-22-15(19-8-9-20-17(25)4-2)10-16(23-14)24-18-21-11-13(26-18)12-6-5-7-12;1-3-2;1-2/h10-12H,3-9H2,1-2H3,(H,20,25)(H2,19,21,22,23,24);3H,1-2H3;1-2H3. The number of rotatable bonds is 9. The molecule has 0 aliphatic heterocycles. The van der Waals surface area contributed by atoms with Crippen molar-refractivity contribution in [1.82, 2.24) is 25.6 Å². The molecular weight excluding hydrogens is 410 g/mol. The summed E-state index contributed by atoms with van der Waals surface area (Å²) in [4.78, 5) is 26.1. The van der Waals surface area contributed by atoms with Crippen molar-refractivity contribution in [3.63, 3.8) is 0 Å². The molecule has 1 fully saturated rings.